The standard InChI is InChI=1S/C17H18ClNO2/c1-12-5-4-6-13(9-12)17(20)19(2)11-14-10-15(18)7-8-16(14)21-3/h4-10H,11H2,1-3H3. The van der Waals surface area contributed by atoms with E-state index in [1.807, 2.05) is 43.3 Å². The molecule has 21 heavy (non-hydrogen) atoms. The van der Waals surface area contributed by atoms with E-state index in [1.165, 1.54) is 0 Å². The van der Waals surface area contributed by atoms with E-state index in [-0.39, 0.29) is 5.91 Å². The molecule has 0 aliphatic rings. The van der Waals surface area contributed by atoms with E-state index >= 15 is 0 Å². The lowest BCUT2D eigenvalue weighted by molar-refractivity contribution is 0.0784. The van der Waals surface area contributed by atoms with E-state index in [9.17, 15) is 4.79 Å². The first-order valence-corrected chi connectivity index (χ1v) is 7.03. The topological polar surface area (TPSA) is 29.5 Å². The summed E-state index contributed by atoms with van der Waals surface area (Å²) in [5.41, 5.74) is 2.63. The van der Waals surface area contributed by atoms with Crippen LogP contribution in [0.3, 0.4) is 0 Å². The SMILES string of the molecule is COc1ccc(Cl)cc1CN(C)C(=O)c1cccc(C)c1. The normalized spacial score (nSPS) is 10.3. The summed E-state index contributed by atoms with van der Waals surface area (Å²) >= 11 is 6.02. The van der Waals surface area contributed by atoms with Crippen LogP contribution < -0.4 is 4.74 Å². The predicted octanol–water partition coefficient (Wildman–Crippen LogP) is 3.93. The molecule has 2 aromatic rings. The smallest absolute Gasteiger partial charge is 0.253 e. The van der Waals surface area contributed by atoms with Crippen molar-refractivity contribution in [2.75, 3.05) is 14.2 Å². The lowest BCUT2D eigenvalue weighted by atomic mass is 10.1. The number of nitrogens with zero attached hydrogens (tertiary/aromatic N) is 1. The molecule has 3 nitrogen and oxygen atoms in total. The first-order valence-electron chi connectivity index (χ1n) is 6.66. The fourth-order valence-electron chi connectivity index (χ4n) is 2.20. The van der Waals surface area contributed by atoms with E-state index in [0.29, 0.717) is 17.1 Å². The number of benzene rings is 2. The zero-order chi connectivity index (χ0) is 15.4. The van der Waals surface area contributed by atoms with Crippen LogP contribution in [0.5, 0.6) is 5.75 Å². The summed E-state index contributed by atoms with van der Waals surface area (Å²) in [6.07, 6.45) is 0. The Bertz CT molecular complexity index is 655. The minimum atomic E-state index is -0.0271. The number of amides is 1. The van der Waals surface area contributed by atoms with Crippen molar-refractivity contribution in [2.45, 2.75) is 13.5 Å². The molecule has 0 fully saturated rings. The van der Waals surface area contributed by atoms with Crippen molar-refractivity contribution in [1.29, 1.82) is 0 Å². The van der Waals surface area contributed by atoms with Gasteiger partial charge >= 0.3 is 0 Å². The van der Waals surface area contributed by atoms with Crippen LogP contribution >= 0.6 is 11.6 Å². The fourth-order valence-corrected chi connectivity index (χ4v) is 2.39. The number of methoxy groups -OCH3 is 1. The van der Waals surface area contributed by atoms with E-state index in [1.54, 1.807) is 25.1 Å². The maximum absolute atomic E-state index is 12.4. The molecule has 0 saturated heterocycles. The predicted molar refractivity (Wildman–Crippen MR) is 85.0 cm³/mol. The Morgan fingerprint density at radius 2 is 2.00 bits per heavy atom. The highest BCUT2D eigenvalue weighted by atomic mass is 35.5. The highest BCUT2D eigenvalue weighted by Gasteiger charge is 2.14. The molecule has 0 saturated carbocycles. The van der Waals surface area contributed by atoms with Crippen LogP contribution in [-0.2, 0) is 6.54 Å². The second kappa shape index (κ2) is 6.64. The summed E-state index contributed by atoms with van der Waals surface area (Å²) in [6, 6.07) is 13.0. The Kier molecular flexibility index (Phi) is 4.86. The Hall–Kier alpha value is -2.00. The van der Waals surface area contributed by atoms with Gasteiger partial charge in [0.05, 0.1) is 7.11 Å². The van der Waals surface area contributed by atoms with Crippen molar-refractivity contribution in [3.05, 3.63) is 64.2 Å². The Labute approximate surface area is 130 Å². The van der Waals surface area contributed by atoms with Gasteiger partial charge in [-0.15, -0.1) is 0 Å². The second-order valence-corrected chi connectivity index (χ2v) is 5.42. The third kappa shape index (κ3) is 3.76. The van der Waals surface area contributed by atoms with Gasteiger partial charge < -0.3 is 9.64 Å². The van der Waals surface area contributed by atoms with Crippen LogP contribution in [0.15, 0.2) is 42.5 Å². The van der Waals surface area contributed by atoms with Gasteiger partial charge in [-0.1, -0.05) is 29.3 Å². The van der Waals surface area contributed by atoms with Crippen molar-refractivity contribution >= 4 is 17.5 Å². The molecular weight excluding hydrogens is 286 g/mol. The molecule has 0 bridgehead atoms. The maximum Gasteiger partial charge on any atom is 0.253 e. The fraction of sp³-hybridized carbons (Fsp3) is 0.235. The van der Waals surface area contributed by atoms with Crippen LogP contribution in [0.2, 0.25) is 5.02 Å². The number of aryl methyl sites for hydroxylation is 1. The molecule has 0 unspecified atom stereocenters. The molecule has 1 amide bonds. The molecule has 0 atom stereocenters. The molecule has 2 aromatic carbocycles. The molecule has 0 radical (unpaired) electrons. The molecular formula is C17H18ClNO2. The number of halogens is 1. The van der Waals surface area contributed by atoms with Crippen molar-refractivity contribution in [3.8, 4) is 5.75 Å². The lowest BCUT2D eigenvalue weighted by Crippen LogP contribution is -2.26. The van der Waals surface area contributed by atoms with Gasteiger partial charge in [0.15, 0.2) is 0 Å². The largest absolute Gasteiger partial charge is 0.496 e. The average molecular weight is 304 g/mol. The van der Waals surface area contributed by atoms with Crippen molar-refractivity contribution in [1.82, 2.24) is 4.90 Å². The van der Waals surface area contributed by atoms with Crippen LogP contribution in [0.1, 0.15) is 21.5 Å². The molecule has 0 N–H and O–H groups in total. The number of hydrogen-bond acceptors (Lipinski definition) is 2. The molecule has 2 rings (SSSR count). The number of hydrogen-bond donors (Lipinski definition) is 0. The van der Waals surface area contributed by atoms with Crippen LogP contribution in [0.4, 0.5) is 0 Å². The van der Waals surface area contributed by atoms with Gasteiger partial charge in [-0.05, 0) is 37.3 Å². The summed E-state index contributed by atoms with van der Waals surface area (Å²) in [7, 11) is 3.38. The van der Waals surface area contributed by atoms with Gasteiger partial charge in [0, 0.05) is 29.7 Å². The van der Waals surface area contributed by atoms with Crippen molar-refractivity contribution < 1.29 is 9.53 Å². The number of ether oxygens (including phenoxy) is 1. The highest BCUT2D eigenvalue weighted by Crippen LogP contribution is 2.24. The summed E-state index contributed by atoms with van der Waals surface area (Å²) < 4.78 is 5.31. The summed E-state index contributed by atoms with van der Waals surface area (Å²) in [5, 5.41) is 0.627. The average Bonchev–Trinajstić information content (AvgIpc) is 2.46. The first-order chi connectivity index (χ1) is 10.0. The summed E-state index contributed by atoms with van der Waals surface area (Å²) in [6.45, 7) is 2.41. The van der Waals surface area contributed by atoms with Crippen LogP contribution in [-0.4, -0.2) is 25.0 Å². The molecule has 0 aromatic heterocycles. The van der Waals surface area contributed by atoms with E-state index < -0.39 is 0 Å². The first kappa shape index (κ1) is 15.4. The van der Waals surface area contributed by atoms with Crippen molar-refractivity contribution in [2.24, 2.45) is 0 Å². The second-order valence-electron chi connectivity index (χ2n) is 4.99. The van der Waals surface area contributed by atoms with Gasteiger partial charge in [0.25, 0.3) is 5.91 Å². The quantitative estimate of drug-likeness (QED) is 0.856. The molecule has 110 valence electrons. The summed E-state index contributed by atoms with van der Waals surface area (Å²) in [5.74, 6) is 0.698. The van der Waals surface area contributed by atoms with Gasteiger partial charge in [0.2, 0.25) is 0 Å². The zero-order valence-electron chi connectivity index (χ0n) is 12.4. The number of carbonyl (C=O) groups excluding carboxylic acids is 1. The highest BCUT2D eigenvalue weighted by molar-refractivity contribution is 6.30. The Balaban J connectivity index is 2.19. The Morgan fingerprint density at radius 3 is 2.67 bits per heavy atom. The van der Waals surface area contributed by atoms with E-state index in [2.05, 4.69) is 0 Å². The number of carbonyl (C=O) groups is 1. The van der Waals surface area contributed by atoms with Crippen LogP contribution in [0.25, 0.3) is 0 Å². The monoisotopic (exact) mass is 303 g/mol. The van der Waals surface area contributed by atoms with Crippen molar-refractivity contribution in [3.63, 3.8) is 0 Å². The summed E-state index contributed by atoms with van der Waals surface area (Å²) in [4.78, 5) is 14.1. The lowest BCUT2D eigenvalue weighted by Gasteiger charge is -2.19. The van der Waals surface area contributed by atoms with E-state index in [4.69, 9.17) is 16.3 Å². The molecule has 0 spiro atoms. The molecule has 0 aliphatic heterocycles. The van der Waals surface area contributed by atoms with E-state index in [0.717, 1.165) is 16.9 Å². The third-order valence-corrected chi connectivity index (χ3v) is 3.50. The van der Waals surface area contributed by atoms with Gasteiger partial charge in [-0.2, -0.15) is 0 Å². The third-order valence-electron chi connectivity index (χ3n) is 3.26. The Morgan fingerprint density at radius 1 is 1.24 bits per heavy atom. The maximum atomic E-state index is 12.4. The zero-order valence-corrected chi connectivity index (χ0v) is 13.1. The molecule has 0 heterocycles. The molecule has 0 aliphatic carbocycles. The minimum absolute atomic E-state index is 0.0271. The molecule has 4 heteroatoms. The van der Waals surface area contributed by atoms with Gasteiger partial charge in [-0.3, -0.25) is 4.79 Å². The minimum Gasteiger partial charge on any atom is -0.496 e. The van der Waals surface area contributed by atoms with Gasteiger partial charge in [0.1, 0.15) is 5.75 Å². The number of rotatable bonds is 4. The van der Waals surface area contributed by atoms with Gasteiger partial charge in [-0.25, -0.2) is 0 Å². The van der Waals surface area contributed by atoms with Crippen LogP contribution in [0, 0.1) is 6.92 Å².